The summed E-state index contributed by atoms with van der Waals surface area (Å²) in [5, 5.41) is 3.44. The van der Waals surface area contributed by atoms with Crippen molar-refractivity contribution in [3.8, 4) is 0 Å². The number of esters is 1. The third kappa shape index (κ3) is 3.06. The first-order valence-corrected chi connectivity index (χ1v) is 7.41. The fraction of sp³-hybridized carbons (Fsp3) is 0.562. The molecular weight excluding hydrogens is 252 g/mol. The van der Waals surface area contributed by atoms with Crippen LogP contribution in [0.25, 0.3) is 0 Å². The zero-order valence-electron chi connectivity index (χ0n) is 12.4. The summed E-state index contributed by atoms with van der Waals surface area (Å²) in [6.45, 7) is 5.34. The molecule has 0 unspecified atom stereocenters. The van der Waals surface area contributed by atoms with Crippen molar-refractivity contribution in [3.63, 3.8) is 0 Å². The number of nitrogens with one attached hydrogen (secondary N) is 1. The first-order chi connectivity index (χ1) is 9.60. The summed E-state index contributed by atoms with van der Waals surface area (Å²) in [5.41, 5.74) is 8.11. The van der Waals surface area contributed by atoms with E-state index in [1.165, 1.54) is 25.7 Å². The molecule has 2 rings (SSSR count). The molecular formula is C16H24N2O2. The van der Waals surface area contributed by atoms with Crippen molar-refractivity contribution in [1.29, 1.82) is 0 Å². The van der Waals surface area contributed by atoms with Gasteiger partial charge in [-0.25, -0.2) is 4.79 Å². The molecule has 0 bridgehead atoms. The lowest BCUT2D eigenvalue weighted by Crippen LogP contribution is -2.35. The molecule has 110 valence electrons. The van der Waals surface area contributed by atoms with Crippen LogP contribution in [0.2, 0.25) is 0 Å². The van der Waals surface area contributed by atoms with Crippen molar-refractivity contribution in [1.82, 2.24) is 0 Å². The smallest absolute Gasteiger partial charge is 0.340 e. The fourth-order valence-electron chi connectivity index (χ4n) is 2.67. The number of rotatable bonds is 6. The lowest BCUT2D eigenvalue weighted by Gasteiger charge is -2.41. The Kier molecular flexibility index (Phi) is 4.53. The van der Waals surface area contributed by atoms with Gasteiger partial charge < -0.3 is 15.8 Å². The van der Waals surface area contributed by atoms with Gasteiger partial charge in [-0.1, -0.05) is 13.3 Å². The van der Waals surface area contributed by atoms with E-state index >= 15 is 0 Å². The van der Waals surface area contributed by atoms with Crippen molar-refractivity contribution >= 4 is 17.3 Å². The summed E-state index contributed by atoms with van der Waals surface area (Å²) in [7, 11) is 0. The van der Waals surface area contributed by atoms with E-state index in [1.807, 2.05) is 6.07 Å². The van der Waals surface area contributed by atoms with E-state index < -0.39 is 0 Å². The highest BCUT2D eigenvalue weighted by molar-refractivity contribution is 5.96. The molecule has 0 amide bonds. The molecule has 0 atom stereocenters. The number of ether oxygens (including phenoxy) is 1. The zero-order valence-corrected chi connectivity index (χ0v) is 12.4. The highest BCUT2D eigenvalue weighted by Crippen LogP contribution is 2.43. The second-order valence-corrected chi connectivity index (χ2v) is 5.58. The standard InChI is InChI=1S/C16H24N2O2/c1-3-16(8-5-9-16)11-18-12-6-7-14(17)13(10-12)15(19)20-4-2/h6-7,10,18H,3-5,8-9,11,17H2,1-2H3. The fourth-order valence-corrected chi connectivity index (χ4v) is 2.67. The van der Waals surface area contributed by atoms with Crippen molar-refractivity contribution in [3.05, 3.63) is 23.8 Å². The van der Waals surface area contributed by atoms with Gasteiger partial charge in [-0.2, -0.15) is 0 Å². The highest BCUT2D eigenvalue weighted by atomic mass is 16.5. The third-order valence-corrected chi connectivity index (χ3v) is 4.38. The number of hydrogen-bond acceptors (Lipinski definition) is 4. The molecule has 1 saturated carbocycles. The van der Waals surface area contributed by atoms with Crippen molar-refractivity contribution < 1.29 is 9.53 Å². The molecule has 0 aromatic heterocycles. The molecule has 0 radical (unpaired) electrons. The van der Waals surface area contributed by atoms with Gasteiger partial charge in [0.05, 0.1) is 12.2 Å². The predicted molar refractivity (Wildman–Crippen MR) is 81.9 cm³/mol. The van der Waals surface area contributed by atoms with Crippen LogP contribution in [0.3, 0.4) is 0 Å². The van der Waals surface area contributed by atoms with E-state index in [0.717, 1.165) is 12.2 Å². The maximum absolute atomic E-state index is 11.8. The molecule has 1 aliphatic rings. The van der Waals surface area contributed by atoms with Crippen LogP contribution in [-0.4, -0.2) is 19.1 Å². The number of benzene rings is 1. The minimum Gasteiger partial charge on any atom is -0.462 e. The van der Waals surface area contributed by atoms with Gasteiger partial charge in [0.25, 0.3) is 0 Å². The minimum atomic E-state index is -0.359. The number of anilines is 2. The molecule has 0 saturated heterocycles. The molecule has 0 aliphatic heterocycles. The Balaban J connectivity index is 2.05. The maximum Gasteiger partial charge on any atom is 0.340 e. The zero-order chi connectivity index (χ0) is 14.6. The Bertz CT molecular complexity index is 476. The van der Waals surface area contributed by atoms with E-state index in [-0.39, 0.29) is 5.97 Å². The largest absolute Gasteiger partial charge is 0.462 e. The SMILES string of the molecule is CCOC(=O)c1cc(NCC2(CC)CCC2)ccc1N. The van der Waals surface area contributed by atoms with E-state index in [0.29, 0.717) is 23.3 Å². The van der Waals surface area contributed by atoms with Gasteiger partial charge in [-0.05, 0) is 49.8 Å². The van der Waals surface area contributed by atoms with Crippen LogP contribution in [-0.2, 0) is 4.74 Å². The van der Waals surface area contributed by atoms with Gasteiger partial charge in [0.15, 0.2) is 0 Å². The van der Waals surface area contributed by atoms with Crippen LogP contribution in [0.1, 0.15) is 49.9 Å². The van der Waals surface area contributed by atoms with Crippen LogP contribution in [0.4, 0.5) is 11.4 Å². The summed E-state index contributed by atoms with van der Waals surface area (Å²) in [6, 6.07) is 5.46. The van der Waals surface area contributed by atoms with Crippen molar-refractivity contribution in [2.24, 2.45) is 5.41 Å². The van der Waals surface area contributed by atoms with Gasteiger partial charge in [-0.15, -0.1) is 0 Å². The van der Waals surface area contributed by atoms with Crippen molar-refractivity contribution in [2.75, 3.05) is 24.2 Å². The Morgan fingerprint density at radius 1 is 1.40 bits per heavy atom. The Morgan fingerprint density at radius 3 is 2.70 bits per heavy atom. The molecule has 20 heavy (non-hydrogen) atoms. The third-order valence-electron chi connectivity index (χ3n) is 4.38. The van der Waals surface area contributed by atoms with Gasteiger partial charge >= 0.3 is 5.97 Å². The molecule has 3 N–H and O–H groups in total. The average Bonchev–Trinajstić information content (AvgIpc) is 2.40. The predicted octanol–water partition coefficient (Wildman–Crippen LogP) is 3.44. The molecule has 0 heterocycles. The van der Waals surface area contributed by atoms with Gasteiger partial charge in [0.2, 0.25) is 0 Å². The lowest BCUT2D eigenvalue weighted by molar-refractivity contribution is 0.0527. The minimum absolute atomic E-state index is 0.356. The summed E-state index contributed by atoms with van der Waals surface area (Å²) in [5.74, 6) is -0.359. The molecule has 0 spiro atoms. The number of carbonyl (C=O) groups excluding carboxylic acids is 1. The van der Waals surface area contributed by atoms with E-state index in [9.17, 15) is 4.79 Å². The Morgan fingerprint density at radius 2 is 2.15 bits per heavy atom. The topological polar surface area (TPSA) is 64.3 Å². The van der Waals surface area contributed by atoms with Gasteiger partial charge in [-0.3, -0.25) is 0 Å². The Hall–Kier alpha value is -1.71. The highest BCUT2D eigenvalue weighted by Gasteiger charge is 2.34. The molecule has 1 aromatic rings. The average molecular weight is 276 g/mol. The van der Waals surface area contributed by atoms with Gasteiger partial charge in [0, 0.05) is 17.9 Å². The quantitative estimate of drug-likeness (QED) is 0.617. The van der Waals surface area contributed by atoms with E-state index in [1.54, 1.807) is 19.1 Å². The van der Waals surface area contributed by atoms with Gasteiger partial charge in [0.1, 0.15) is 0 Å². The summed E-state index contributed by atoms with van der Waals surface area (Å²) < 4.78 is 5.02. The normalized spacial score (nSPS) is 16.3. The number of hydrogen-bond donors (Lipinski definition) is 2. The van der Waals surface area contributed by atoms with Crippen LogP contribution in [0.15, 0.2) is 18.2 Å². The summed E-state index contributed by atoms with van der Waals surface area (Å²) >= 11 is 0. The second-order valence-electron chi connectivity index (χ2n) is 5.58. The summed E-state index contributed by atoms with van der Waals surface area (Å²) in [4.78, 5) is 11.8. The second kappa shape index (κ2) is 6.16. The molecule has 1 aromatic carbocycles. The monoisotopic (exact) mass is 276 g/mol. The van der Waals surface area contributed by atoms with Crippen LogP contribution >= 0.6 is 0 Å². The first-order valence-electron chi connectivity index (χ1n) is 7.41. The van der Waals surface area contributed by atoms with E-state index in [2.05, 4.69) is 12.2 Å². The molecule has 1 aliphatic carbocycles. The number of carbonyl (C=O) groups is 1. The molecule has 4 heteroatoms. The number of nitrogens with two attached hydrogens (primary N) is 1. The maximum atomic E-state index is 11.8. The first kappa shape index (κ1) is 14.7. The summed E-state index contributed by atoms with van der Waals surface area (Å²) in [6.07, 6.45) is 5.09. The van der Waals surface area contributed by atoms with Crippen LogP contribution < -0.4 is 11.1 Å². The van der Waals surface area contributed by atoms with E-state index in [4.69, 9.17) is 10.5 Å². The lowest BCUT2D eigenvalue weighted by atomic mass is 9.67. The molecule has 4 nitrogen and oxygen atoms in total. The van der Waals surface area contributed by atoms with Crippen LogP contribution in [0.5, 0.6) is 0 Å². The van der Waals surface area contributed by atoms with Crippen molar-refractivity contribution in [2.45, 2.75) is 39.5 Å². The molecule has 1 fully saturated rings. The van der Waals surface area contributed by atoms with Crippen LogP contribution in [0, 0.1) is 5.41 Å². The number of nitrogen functional groups attached to an aromatic ring is 1. The Labute approximate surface area is 120 Å².